The summed E-state index contributed by atoms with van der Waals surface area (Å²) in [6.45, 7) is 6.71. The number of hydrogen-bond acceptors (Lipinski definition) is 3. The Balaban J connectivity index is 1.56. The smallest absolute Gasteiger partial charge is 0.253 e. The van der Waals surface area contributed by atoms with Gasteiger partial charge in [0.25, 0.3) is 5.91 Å². The number of piperidine rings is 1. The van der Waals surface area contributed by atoms with Crippen LogP contribution in [0.5, 0.6) is 5.75 Å². The highest BCUT2D eigenvalue weighted by molar-refractivity contribution is 5.94. The number of benzene rings is 2. The fourth-order valence-electron chi connectivity index (χ4n) is 3.15. The number of aliphatic hydroxyl groups is 1. The van der Waals surface area contributed by atoms with Crippen LogP contribution in [0.25, 0.3) is 0 Å². The van der Waals surface area contributed by atoms with Crippen LogP contribution in [0.1, 0.15) is 48.2 Å². The first kappa shape index (κ1) is 20.0. The van der Waals surface area contributed by atoms with Gasteiger partial charge in [0.1, 0.15) is 17.5 Å². The van der Waals surface area contributed by atoms with Gasteiger partial charge in [-0.05, 0) is 56.7 Å². The first-order chi connectivity index (χ1) is 13.3. The standard InChI is InChI=1S/C24H27NO3/c1-18-6-4-5-7-22(18)28-21-13-16-25(17-14-21)23(26)20-10-8-19(9-11-20)12-15-24(2,3)27/h4-11,21,27H,13-14,16-17H2,1-3H3. The SMILES string of the molecule is Cc1ccccc1OC1CCN(C(=O)c2ccc(C#CC(C)(C)O)cc2)CC1. The van der Waals surface area contributed by atoms with Gasteiger partial charge >= 0.3 is 0 Å². The van der Waals surface area contributed by atoms with Gasteiger partial charge in [0, 0.05) is 37.1 Å². The molecule has 1 heterocycles. The number of hydrogen-bond donors (Lipinski definition) is 1. The molecule has 1 saturated heterocycles. The van der Waals surface area contributed by atoms with Crippen molar-refractivity contribution in [3.05, 3.63) is 65.2 Å². The molecule has 0 aliphatic carbocycles. The third-order valence-corrected chi connectivity index (χ3v) is 4.76. The molecule has 0 bridgehead atoms. The van der Waals surface area contributed by atoms with E-state index in [2.05, 4.69) is 11.8 Å². The molecule has 1 N–H and O–H groups in total. The zero-order valence-corrected chi connectivity index (χ0v) is 16.7. The van der Waals surface area contributed by atoms with Crippen molar-refractivity contribution in [3.63, 3.8) is 0 Å². The summed E-state index contributed by atoms with van der Waals surface area (Å²) in [7, 11) is 0. The van der Waals surface area contributed by atoms with E-state index >= 15 is 0 Å². The second-order valence-electron chi connectivity index (χ2n) is 7.76. The molecule has 0 spiro atoms. The molecule has 0 atom stereocenters. The van der Waals surface area contributed by atoms with E-state index in [-0.39, 0.29) is 12.0 Å². The molecule has 1 fully saturated rings. The van der Waals surface area contributed by atoms with E-state index in [4.69, 9.17) is 4.74 Å². The van der Waals surface area contributed by atoms with Crippen LogP contribution in [0.2, 0.25) is 0 Å². The van der Waals surface area contributed by atoms with Crippen LogP contribution in [0, 0.1) is 18.8 Å². The molecule has 2 aromatic rings. The molecule has 1 aliphatic heterocycles. The first-order valence-corrected chi connectivity index (χ1v) is 9.69. The number of nitrogens with zero attached hydrogens (tertiary/aromatic N) is 1. The molecule has 4 nitrogen and oxygen atoms in total. The maximum atomic E-state index is 12.8. The van der Waals surface area contributed by atoms with Crippen molar-refractivity contribution in [1.82, 2.24) is 4.90 Å². The van der Waals surface area contributed by atoms with Crippen LogP contribution in [-0.4, -0.2) is 40.7 Å². The number of ether oxygens (including phenoxy) is 1. The van der Waals surface area contributed by atoms with Crippen molar-refractivity contribution in [2.75, 3.05) is 13.1 Å². The zero-order valence-electron chi connectivity index (χ0n) is 16.7. The van der Waals surface area contributed by atoms with E-state index < -0.39 is 5.60 Å². The maximum Gasteiger partial charge on any atom is 0.253 e. The Morgan fingerprint density at radius 1 is 1.11 bits per heavy atom. The summed E-state index contributed by atoms with van der Waals surface area (Å²) in [4.78, 5) is 14.6. The highest BCUT2D eigenvalue weighted by Crippen LogP contribution is 2.23. The summed E-state index contributed by atoms with van der Waals surface area (Å²) in [6.07, 6.45) is 1.80. The van der Waals surface area contributed by atoms with Crippen molar-refractivity contribution in [3.8, 4) is 17.6 Å². The van der Waals surface area contributed by atoms with Crippen molar-refractivity contribution in [1.29, 1.82) is 0 Å². The summed E-state index contributed by atoms with van der Waals surface area (Å²) < 4.78 is 6.12. The van der Waals surface area contributed by atoms with E-state index in [1.807, 2.05) is 48.2 Å². The van der Waals surface area contributed by atoms with Crippen LogP contribution < -0.4 is 4.74 Å². The minimum Gasteiger partial charge on any atom is -0.490 e. The lowest BCUT2D eigenvalue weighted by Crippen LogP contribution is -2.41. The molecule has 146 valence electrons. The van der Waals surface area contributed by atoms with Gasteiger partial charge in [-0.2, -0.15) is 0 Å². The molecule has 1 aliphatic rings. The Morgan fingerprint density at radius 3 is 2.36 bits per heavy atom. The molecular formula is C24H27NO3. The summed E-state index contributed by atoms with van der Waals surface area (Å²) >= 11 is 0. The van der Waals surface area contributed by atoms with Crippen molar-refractivity contribution in [2.45, 2.75) is 45.3 Å². The molecule has 0 aromatic heterocycles. The minimum atomic E-state index is -1.03. The third kappa shape index (κ3) is 5.37. The highest BCUT2D eigenvalue weighted by atomic mass is 16.5. The van der Waals surface area contributed by atoms with E-state index in [0.29, 0.717) is 18.7 Å². The lowest BCUT2D eigenvalue weighted by molar-refractivity contribution is 0.0594. The average molecular weight is 377 g/mol. The number of amides is 1. The van der Waals surface area contributed by atoms with Gasteiger partial charge in [-0.3, -0.25) is 4.79 Å². The quantitative estimate of drug-likeness (QED) is 0.828. The summed E-state index contributed by atoms with van der Waals surface area (Å²) in [5.74, 6) is 6.66. The van der Waals surface area contributed by atoms with E-state index in [1.165, 1.54) is 0 Å². The number of likely N-dealkylation sites (tertiary alicyclic amines) is 1. The largest absolute Gasteiger partial charge is 0.490 e. The fraction of sp³-hybridized carbons (Fsp3) is 0.375. The third-order valence-electron chi connectivity index (χ3n) is 4.76. The van der Waals surface area contributed by atoms with E-state index in [9.17, 15) is 9.90 Å². The molecule has 0 saturated carbocycles. The van der Waals surface area contributed by atoms with E-state index in [1.54, 1.807) is 26.0 Å². The lowest BCUT2D eigenvalue weighted by atomic mass is 10.0. The highest BCUT2D eigenvalue weighted by Gasteiger charge is 2.25. The van der Waals surface area contributed by atoms with Crippen LogP contribution in [0.4, 0.5) is 0 Å². The van der Waals surface area contributed by atoms with Gasteiger partial charge in [-0.15, -0.1) is 0 Å². The lowest BCUT2D eigenvalue weighted by Gasteiger charge is -2.32. The molecular weight excluding hydrogens is 350 g/mol. The molecule has 1 amide bonds. The number of carbonyl (C=O) groups is 1. The van der Waals surface area contributed by atoms with Gasteiger partial charge in [-0.1, -0.05) is 30.0 Å². The van der Waals surface area contributed by atoms with Gasteiger partial charge in [0.05, 0.1) is 0 Å². The number of para-hydroxylation sites is 1. The summed E-state index contributed by atoms with van der Waals surface area (Å²) in [5.41, 5.74) is 1.55. The molecule has 3 rings (SSSR count). The number of rotatable bonds is 3. The van der Waals surface area contributed by atoms with Crippen LogP contribution in [-0.2, 0) is 0 Å². The fourth-order valence-corrected chi connectivity index (χ4v) is 3.15. The van der Waals surface area contributed by atoms with E-state index in [0.717, 1.165) is 29.7 Å². The second kappa shape index (κ2) is 8.50. The average Bonchev–Trinajstić information content (AvgIpc) is 2.68. The monoisotopic (exact) mass is 377 g/mol. The van der Waals surface area contributed by atoms with Crippen LogP contribution in [0.3, 0.4) is 0 Å². The van der Waals surface area contributed by atoms with Crippen molar-refractivity contribution in [2.24, 2.45) is 0 Å². The Morgan fingerprint density at radius 2 is 1.75 bits per heavy atom. The minimum absolute atomic E-state index is 0.0383. The Labute approximate surface area is 167 Å². The summed E-state index contributed by atoms with van der Waals surface area (Å²) in [5, 5.41) is 9.68. The second-order valence-corrected chi connectivity index (χ2v) is 7.76. The van der Waals surface area contributed by atoms with Crippen molar-refractivity contribution >= 4 is 5.91 Å². The Bertz CT molecular complexity index is 877. The van der Waals surface area contributed by atoms with Gasteiger partial charge in [0.15, 0.2) is 0 Å². The van der Waals surface area contributed by atoms with Crippen LogP contribution >= 0.6 is 0 Å². The molecule has 2 aromatic carbocycles. The zero-order chi connectivity index (χ0) is 20.1. The normalized spacial score (nSPS) is 14.9. The predicted octanol–water partition coefficient (Wildman–Crippen LogP) is 3.80. The number of aryl methyl sites for hydroxylation is 1. The van der Waals surface area contributed by atoms with Gasteiger partial charge in [-0.25, -0.2) is 0 Å². The molecule has 0 radical (unpaired) electrons. The van der Waals surface area contributed by atoms with Crippen LogP contribution in [0.15, 0.2) is 48.5 Å². The maximum absolute atomic E-state index is 12.8. The van der Waals surface area contributed by atoms with Gasteiger partial charge in [0.2, 0.25) is 0 Å². The first-order valence-electron chi connectivity index (χ1n) is 9.69. The molecule has 28 heavy (non-hydrogen) atoms. The predicted molar refractivity (Wildman–Crippen MR) is 110 cm³/mol. The molecule has 0 unspecified atom stereocenters. The Hall–Kier alpha value is -2.77. The topological polar surface area (TPSA) is 49.8 Å². The van der Waals surface area contributed by atoms with Gasteiger partial charge < -0.3 is 14.7 Å². The van der Waals surface area contributed by atoms with Crippen molar-refractivity contribution < 1.29 is 14.6 Å². The Kier molecular flexibility index (Phi) is 6.06. The molecule has 4 heteroatoms. The summed E-state index contributed by atoms with van der Waals surface area (Å²) in [6, 6.07) is 15.3. The number of carbonyl (C=O) groups excluding carboxylic acids is 1.